The number of nitrogens with zero attached hydrogens (tertiary/aromatic N) is 4. The van der Waals surface area contributed by atoms with Crippen molar-refractivity contribution in [3.05, 3.63) is 35.7 Å². The first-order valence-corrected chi connectivity index (χ1v) is 6.77. The molecule has 6 nitrogen and oxygen atoms in total. The number of rotatable bonds is 4. The first-order valence-electron chi connectivity index (χ1n) is 6.77. The Hall–Kier alpha value is -2.24. The van der Waals surface area contributed by atoms with Gasteiger partial charge >= 0.3 is 0 Å². The molecule has 1 fully saturated rings. The highest BCUT2D eigenvalue weighted by Gasteiger charge is 2.32. The molecule has 1 saturated carbocycles. The summed E-state index contributed by atoms with van der Waals surface area (Å²) in [5, 5.41) is 14.1. The average Bonchev–Trinajstić information content (AvgIpc) is 2.92. The SMILES string of the molecule is Cc1cc(C(=O)NCC2CC2C)ccc1-n1cnnn1. The predicted molar refractivity (Wildman–Crippen MR) is 73.5 cm³/mol. The molecule has 0 bridgehead atoms. The lowest BCUT2D eigenvalue weighted by molar-refractivity contribution is 0.0951. The minimum Gasteiger partial charge on any atom is -0.352 e. The number of aryl methyl sites for hydroxylation is 1. The first-order chi connectivity index (χ1) is 9.65. The Balaban J connectivity index is 1.71. The third-order valence-corrected chi connectivity index (χ3v) is 3.86. The first kappa shape index (κ1) is 12.8. The second-order valence-corrected chi connectivity index (χ2v) is 5.44. The number of aromatic nitrogens is 4. The van der Waals surface area contributed by atoms with E-state index in [-0.39, 0.29) is 5.91 Å². The molecule has 2 atom stereocenters. The van der Waals surface area contributed by atoms with Gasteiger partial charge in [-0.25, -0.2) is 4.68 Å². The van der Waals surface area contributed by atoms with E-state index in [4.69, 9.17) is 0 Å². The predicted octanol–water partition coefficient (Wildman–Crippen LogP) is 1.36. The lowest BCUT2D eigenvalue weighted by atomic mass is 10.1. The molecule has 1 aliphatic rings. The van der Waals surface area contributed by atoms with E-state index < -0.39 is 0 Å². The molecule has 6 heteroatoms. The molecule has 1 N–H and O–H groups in total. The van der Waals surface area contributed by atoms with Crippen LogP contribution in [0.1, 0.15) is 29.3 Å². The fraction of sp³-hybridized carbons (Fsp3) is 0.429. The molecule has 1 aromatic heterocycles. The van der Waals surface area contributed by atoms with Gasteiger partial charge in [-0.2, -0.15) is 0 Å². The summed E-state index contributed by atoms with van der Waals surface area (Å²) >= 11 is 0. The van der Waals surface area contributed by atoms with Gasteiger partial charge in [0.25, 0.3) is 5.91 Å². The molecule has 0 spiro atoms. The van der Waals surface area contributed by atoms with Crippen LogP contribution in [0.5, 0.6) is 0 Å². The van der Waals surface area contributed by atoms with Crippen molar-refractivity contribution in [1.29, 1.82) is 0 Å². The summed E-state index contributed by atoms with van der Waals surface area (Å²) in [4.78, 5) is 12.1. The van der Waals surface area contributed by atoms with Crippen LogP contribution >= 0.6 is 0 Å². The number of carbonyl (C=O) groups excluding carboxylic acids is 1. The van der Waals surface area contributed by atoms with Crippen LogP contribution < -0.4 is 5.32 Å². The van der Waals surface area contributed by atoms with E-state index in [0.717, 1.165) is 23.7 Å². The molecule has 1 aromatic carbocycles. The minimum absolute atomic E-state index is 0.0181. The zero-order chi connectivity index (χ0) is 14.1. The molecule has 1 aliphatic carbocycles. The maximum absolute atomic E-state index is 12.1. The molecule has 3 rings (SSSR count). The summed E-state index contributed by atoms with van der Waals surface area (Å²) in [6.07, 6.45) is 2.76. The highest BCUT2D eigenvalue weighted by Crippen LogP contribution is 2.36. The fourth-order valence-electron chi connectivity index (χ4n) is 2.33. The van der Waals surface area contributed by atoms with Crippen LogP contribution in [0, 0.1) is 18.8 Å². The van der Waals surface area contributed by atoms with Gasteiger partial charge in [0.05, 0.1) is 5.69 Å². The number of hydrogen-bond donors (Lipinski definition) is 1. The number of carbonyl (C=O) groups is 1. The molecule has 2 unspecified atom stereocenters. The maximum Gasteiger partial charge on any atom is 0.251 e. The zero-order valence-corrected chi connectivity index (χ0v) is 11.6. The fourth-order valence-corrected chi connectivity index (χ4v) is 2.33. The molecule has 104 valence electrons. The standard InChI is InChI=1S/C14H17N5O/c1-9-5-12(9)7-15-14(20)11-3-4-13(10(2)6-11)19-8-16-17-18-19/h3-4,6,8-9,12H,5,7H2,1-2H3,(H,15,20). The van der Waals surface area contributed by atoms with E-state index in [1.807, 2.05) is 19.1 Å². The van der Waals surface area contributed by atoms with E-state index in [0.29, 0.717) is 11.5 Å². The Bertz CT molecular complexity index is 622. The Morgan fingerprint density at radius 1 is 1.50 bits per heavy atom. The van der Waals surface area contributed by atoms with Crippen molar-refractivity contribution in [1.82, 2.24) is 25.5 Å². The zero-order valence-electron chi connectivity index (χ0n) is 11.6. The third kappa shape index (κ3) is 2.54. The van der Waals surface area contributed by atoms with Crippen molar-refractivity contribution < 1.29 is 4.79 Å². The average molecular weight is 271 g/mol. The molecule has 0 aliphatic heterocycles. The lowest BCUT2D eigenvalue weighted by Gasteiger charge is -2.08. The van der Waals surface area contributed by atoms with Gasteiger partial charge in [-0.05, 0) is 59.4 Å². The number of benzene rings is 1. The van der Waals surface area contributed by atoms with E-state index in [1.54, 1.807) is 10.7 Å². The third-order valence-electron chi connectivity index (χ3n) is 3.86. The summed E-state index contributed by atoms with van der Waals surface area (Å²) in [5.41, 5.74) is 2.51. The summed E-state index contributed by atoms with van der Waals surface area (Å²) in [5.74, 6) is 1.38. The maximum atomic E-state index is 12.1. The number of hydrogen-bond acceptors (Lipinski definition) is 4. The van der Waals surface area contributed by atoms with Gasteiger partial charge in [-0.1, -0.05) is 6.92 Å². The Kier molecular flexibility index (Phi) is 3.22. The van der Waals surface area contributed by atoms with E-state index in [9.17, 15) is 4.79 Å². The Morgan fingerprint density at radius 3 is 2.90 bits per heavy atom. The van der Waals surface area contributed by atoms with Crippen LogP contribution in [0.25, 0.3) is 5.69 Å². The molecular weight excluding hydrogens is 254 g/mol. The Labute approximate surface area is 117 Å². The normalized spacial score (nSPS) is 20.7. The van der Waals surface area contributed by atoms with E-state index in [1.165, 1.54) is 12.7 Å². The van der Waals surface area contributed by atoms with Crippen LogP contribution in [0.2, 0.25) is 0 Å². The molecule has 0 saturated heterocycles. The van der Waals surface area contributed by atoms with Gasteiger partial charge in [-0.15, -0.1) is 5.10 Å². The molecular formula is C14H17N5O. The molecule has 1 amide bonds. The molecule has 2 aromatic rings. The van der Waals surface area contributed by atoms with E-state index >= 15 is 0 Å². The highest BCUT2D eigenvalue weighted by molar-refractivity contribution is 5.94. The number of amides is 1. The van der Waals surface area contributed by atoms with Crippen LogP contribution in [0.15, 0.2) is 24.5 Å². The number of nitrogens with one attached hydrogen (secondary N) is 1. The summed E-state index contributed by atoms with van der Waals surface area (Å²) < 4.78 is 1.59. The molecule has 1 heterocycles. The van der Waals surface area contributed by atoms with E-state index in [2.05, 4.69) is 27.8 Å². The van der Waals surface area contributed by atoms with Crippen LogP contribution in [0.4, 0.5) is 0 Å². The summed E-state index contributed by atoms with van der Waals surface area (Å²) in [7, 11) is 0. The van der Waals surface area contributed by atoms with Crippen molar-refractivity contribution in [2.24, 2.45) is 11.8 Å². The van der Waals surface area contributed by atoms with Crippen molar-refractivity contribution in [3.63, 3.8) is 0 Å². The largest absolute Gasteiger partial charge is 0.352 e. The van der Waals surface area contributed by atoms with Gasteiger partial charge in [-0.3, -0.25) is 4.79 Å². The van der Waals surface area contributed by atoms with Gasteiger partial charge in [0, 0.05) is 12.1 Å². The van der Waals surface area contributed by atoms with Crippen LogP contribution in [0.3, 0.4) is 0 Å². The monoisotopic (exact) mass is 271 g/mol. The van der Waals surface area contributed by atoms with Gasteiger partial charge < -0.3 is 5.32 Å². The summed E-state index contributed by atoms with van der Waals surface area (Å²) in [6, 6.07) is 5.53. The Morgan fingerprint density at radius 2 is 2.30 bits per heavy atom. The second kappa shape index (κ2) is 5.03. The van der Waals surface area contributed by atoms with Crippen molar-refractivity contribution in [2.75, 3.05) is 6.54 Å². The van der Waals surface area contributed by atoms with Crippen molar-refractivity contribution >= 4 is 5.91 Å². The lowest BCUT2D eigenvalue weighted by Crippen LogP contribution is -2.26. The quantitative estimate of drug-likeness (QED) is 0.911. The van der Waals surface area contributed by atoms with Crippen molar-refractivity contribution in [2.45, 2.75) is 20.3 Å². The topological polar surface area (TPSA) is 72.7 Å². The number of tetrazole rings is 1. The van der Waals surface area contributed by atoms with Gasteiger partial charge in [0.1, 0.15) is 6.33 Å². The summed E-state index contributed by atoms with van der Waals surface area (Å²) in [6.45, 7) is 4.92. The highest BCUT2D eigenvalue weighted by atomic mass is 16.1. The smallest absolute Gasteiger partial charge is 0.251 e. The molecule has 0 radical (unpaired) electrons. The van der Waals surface area contributed by atoms with Crippen LogP contribution in [-0.4, -0.2) is 32.7 Å². The molecule has 20 heavy (non-hydrogen) atoms. The van der Waals surface area contributed by atoms with Crippen LogP contribution in [-0.2, 0) is 0 Å². The second-order valence-electron chi connectivity index (χ2n) is 5.44. The van der Waals surface area contributed by atoms with Gasteiger partial charge in [0.2, 0.25) is 0 Å². The minimum atomic E-state index is -0.0181. The van der Waals surface area contributed by atoms with Gasteiger partial charge in [0.15, 0.2) is 0 Å². The van der Waals surface area contributed by atoms with Crippen molar-refractivity contribution in [3.8, 4) is 5.69 Å².